The molecule has 13 heteroatoms. The van der Waals surface area contributed by atoms with Crippen molar-refractivity contribution >= 4 is 17.9 Å². The zero-order valence-electron chi connectivity index (χ0n) is 27.0. The van der Waals surface area contributed by atoms with Crippen LogP contribution in [0, 0.1) is 23.7 Å². The number of carbonyl (C=O) groups excluding carboxylic acids is 3. The maximum absolute atomic E-state index is 12.9. The van der Waals surface area contributed by atoms with Crippen LogP contribution in [0.2, 0.25) is 0 Å². The van der Waals surface area contributed by atoms with E-state index in [-0.39, 0.29) is 42.4 Å². The molecule has 4 fully saturated rings. The Labute approximate surface area is 278 Å². The van der Waals surface area contributed by atoms with E-state index in [9.17, 15) is 39.9 Å². The number of phenolic OH excluding ortho intramolecular Hbond substituents is 1. The predicted octanol–water partition coefficient (Wildman–Crippen LogP) is 1.24. The molecule has 0 radical (unpaired) electrons. The average molecular weight is 673 g/mol. The Bertz CT molecular complexity index is 1420. The van der Waals surface area contributed by atoms with Crippen LogP contribution in [-0.4, -0.2) is 105 Å². The Balaban J connectivity index is 1.27. The summed E-state index contributed by atoms with van der Waals surface area (Å²) in [7, 11) is 0. The highest BCUT2D eigenvalue weighted by Gasteiger charge is 2.58. The van der Waals surface area contributed by atoms with Crippen molar-refractivity contribution in [2.45, 2.75) is 94.7 Å². The lowest BCUT2D eigenvalue weighted by atomic mass is 9.81. The number of rotatable bonds is 10. The van der Waals surface area contributed by atoms with E-state index in [4.69, 9.17) is 23.7 Å². The number of phenols is 1. The molecule has 13 atom stereocenters. The summed E-state index contributed by atoms with van der Waals surface area (Å²) in [6.07, 6.45) is -10.5. The fourth-order valence-electron chi connectivity index (χ4n) is 7.01. The molecule has 5 rings (SSSR count). The van der Waals surface area contributed by atoms with Gasteiger partial charge in [0.25, 0.3) is 0 Å². The molecule has 0 aromatic heterocycles. The number of aliphatic hydroxyl groups is 4. The van der Waals surface area contributed by atoms with Crippen molar-refractivity contribution in [1.29, 1.82) is 0 Å². The molecule has 0 bridgehead atoms. The molecule has 2 aliphatic heterocycles. The minimum Gasteiger partial charge on any atom is -0.508 e. The van der Waals surface area contributed by atoms with Gasteiger partial charge in [-0.25, -0.2) is 9.59 Å². The quantitative estimate of drug-likeness (QED) is 0.103. The Morgan fingerprint density at radius 3 is 2.40 bits per heavy atom. The molecule has 0 amide bonds. The van der Waals surface area contributed by atoms with Gasteiger partial charge in [0.1, 0.15) is 49.0 Å². The molecular formula is C35H44O13. The van der Waals surface area contributed by atoms with Crippen LogP contribution in [0.15, 0.2) is 60.7 Å². The van der Waals surface area contributed by atoms with Crippen molar-refractivity contribution in [3.8, 4) is 5.75 Å². The maximum Gasteiger partial charge on any atom is 0.335 e. The van der Waals surface area contributed by atoms with Crippen LogP contribution < -0.4 is 0 Å². The first-order valence-electron chi connectivity index (χ1n) is 16.1. The zero-order valence-corrected chi connectivity index (χ0v) is 27.0. The molecule has 1 aromatic carbocycles. The van der Waals surface area contributed by atoms with E-state index in [1.807, 2.05) is 6.92 Å². The monoisotopic (exact) mass is 672 g/mol. The molecule has 5 N–H and O–H groups in total. The first kappa shape index (κ1) is 35.7. The molecule has 0 unspecified atom stereocenters. The van der Waals surface area contributed by atoms with E-state index >= 15 is 0 Å². The number of hydrogen-bond donors (Lipinski definition) is 5. The second kappa shape index (κ2) is 14.5. The second-order valence-electron chi connectivity index (χ2n) is 13.2. The van der Waals surface area contributed by atoms with E-state index in [1.165, 1.54) is 12.1 Å². The first-order chi connectivity index (χ1) is 22.7. The molecule has 262 valence electrons. The first-order valence-corrected chi connectivity index (χ1v) is 16.1. The van der Waals surface area contributed by atoms with Gasteiger partial charge in [-0.1, -0.05) is 57.7 Å². The van der Waals surface area contributed by atoms with Gasteiger partial charge in [0, 0.05) is 17.9 Å². The van der Waals surface area contributed by atoms with E-state index in [0.717, 1.165) is 0 Å². The van der Waals surface area contributed by atoms with Gasteiger partial charge in [-0.3, -0.25) is 4.79 Å². The lowest BCUT2D eigenvalue weighted by Crippen LogP contribution is -2.60. The average Bonchev–Trinajstić information content (AvgIpc) is 3.50. The number of aromatic hydroxyl groups is 1. The van der Waals surface area contributed by atoms with E-state index in [1.54, 1.807) is 19.1 Å². The fourth-order valence-corrected chi connectivity index (χ4v) is 7.01. The lowest BCUT2D eigenvalue weighted by Gasteiger charge is -2.41. The van der Waals surface area contributed by atoms with Crippen LogP contribution in [0.5, 0.6) is 5.75 Å². The van der Waals surface area contributed by atoms with Crippen molar-refractivity contribution in [3.05, 3.63) is 66.3 Å². The van der Waals surface area contributed by atoms with Gasteiger partial charge in [-0.2, -0.15) is 0 Å². The number of aliphatic hydroxyl groups excluding tert-OH is 4. The third-order valence-electron chi connectivity index (χ3n) is 10.1. The van der Waals surface area contributed by atoms with Crippen LogP contribution in [0.25, 0.3) is 0 Å². The number of esters is 3. The van der Waals surface area contributed by atoms with Gasteiger partial charge in [0.15, 0.2) is 12.4 Å². The van der Waals surface area contributed by atoms with Crippen molar-refractivity contribution in [2.75, 3.05) is 6.61 Å². The summed E-state index contributed by atoms with van der Waals surface area (Å²) in [6, 6.07) is 5.98. The Hall–Kier alpha value is -3.59. The van der Waals surface area contributed by atoms with Gasteiger partial charge < -0.3 is 49.2 Å². The summed E-state index contributed by atoms with van der Waals surface area (Å²) < 4.78 is 28.8. The van der Waals surface area contributed by atoms with Crippen molar-refractivity contribution < 1.29 is 63.6 Å². The number of hydrogen-bond acceptors (Lipinski definition) is 13. The van der Waals surface area contributed by atoms with Crippen LogP contribution >= 0.6 is 0 Å². The highest BCUT2D eigenvalue weighted by Crippen LogP contribution is 2.53. The Morgan fingerprint density at radius 1 is 1.04 bits per heavy atom. The molecular weight excluding hydrogens is 628 g/mol. The van der Waals surface area contributed by atoms with Crippen molar-refractivity contribution in [2.24, 2.45) is 23.7 Å². The fraction of sp³-hybridized carbons (Fsp3) is 0.571. The topological polar surface area (TPSA) is 199 Å². The van der Waals surface area contributed by atoms with E-state index in [2.05, 4.69) is 19.7 Å². The van der Waals surface area contributed by atoms with Crippen LogP contribution in [0.1, 0.15) is 38.7 Å². The molecule has 2 saturated heterocycles. The summed E-state index contributed by atoms with van der Waals surface area (Å²) >= 11 is 0. The summed E-state index contributed by atoms with van der Waals surface area (Å²) in [5.74, 6) is -3.96. The summed E-state index contributed by atoms with van der Waals surface area (Å²) in [5, 5.41) is 51.9. The van der Waals surface area contributed by atoms with Crippen LogP contribution in [-0.2, 0) is 44.5 Å². The minimum atomic E-state index is -1.69. The number of ether oxygens (including phenoxy) is 5. The third kappa shape index (κ3) is 7.07. The van der Waals surface area contributed by atoms with Gasteiger partial charge >= 0.3 is 17.9 Å². The zero-order chi connectivity index (χ0) is 35.0. The minimum absolute atomic E-state index is 0.0472. The maximum atomic E-state index is 12.9. The smallest absolute Gasteiger partial charge is 0.335 e. The summed E-state index contributed by atoms with van der Waals surface area (Å²) in [4.78, 5) is 38.1. The highest BCUT2D eigenvalue weighted by atomic mass is 16.7. The SMILES string of the molecule is C=C1C(=O)O[C@@H]2[C@H]3C(=C)[C@@H](O[C@@H]4O[C@H](COC(=O)Cc5ccc(O)cc5)[C@@H](O)[C@H](O)[C@H]4O)C[C@H]3C(=C)C[C@@H](OC(=O)[C@H](O)[C@H](C)CC)[C@@H]12. The summed E-state index contributed by atoms with van der Waals surface area (Å²) in [5.41, 5.74) is 1.90. The van der Waals surface area contributed by atoms with Crippen molar-refractivity contribution in [3.63, 3.8) is 0 Å². The van der Waals surface area contributed by atoms with Crippen LogP contribution in [0.4, 0.5) is 0 Å². The normalized spacial score (nSPS) is 36.0. The Morgan fingerprint density at radius 2 is 1.73 bits per heavy atom. The number of fused-ring (bicyclic) bond motifs is 3. The molecule has 0 spiro atoms. The number of carbonyl (C=O) groups is 3. The molecule has 13 nitrogen and oxygen atoms in total. The summed E-state index contributed by atoms with van der Waals surface area (Å²) in [6.45, 7) is 15.5. The largest absolute Gasteiger partial charge is 0.508 e. The van der Waals surface area contributed by atoms with Gasteiger partial charge in [0.05, 0.1) is 18.4 Å². The second-order valence-corrected chi connectivity index (χ2v) is 13.2. The third-order valence-corrected chi connectivity index (χ3v) is 10.1. The van der Waals surface area contributed by atoms with Crippen molar-refractivity contribution in [1.82, 2.24) is 0 Å². The molecule has 2 aliphatic carbocycles. The number of benzene rings is 1. The van der Waals surface area contributed by atoms with Gasteiger partial charge in [-0.15, -0.1) is 0 Å². The van der Waals surface area contributed by atoms with E-state index < -0.39 is 91.5 Å². The van der Waals surface area contributed by atoms with Crippen LogP contribution in [0.3, 0.4) is 0 Å². The van der Waals surface area contributed by atoms with Gasteiger partial charge in [0.2, 0.25) is 0 Å². The molecule has 1 aromatic rings. The molecule has 4 aliphatic rings. The molecule has 2 saturated carbocycles. The Kier molecular flexibility index (Phi) is 10.8. The predicted molar refractivity (Wildman–Crippen MR) is 167 cm³/mol. The molecule has 48 heavy (non-hydrogen) atoms. The lowest BCUT2D eigenvalue weighted by molar-refractivity contribution is -0.308. The standard InChI is InChI=1S/C35H44O13/c1-6-15(2)28(38)34(43)45-23-11-16(3)21-13-22(17(4)26(21)32-27(23)18(5)33(42)48-32)46-35-31(41)30(40)29(39)24(47-35)14-44-25(37)12-19-7-9-20(36)10-8-19/h7-10,15,21-24,26-32,35-36,38-41H,3-6,11-14H2,1-2H3/t15-,21+,22+,23-,24-,26+,27-,28-,29-,30+,31-,32-,35-/m1/s1. The molecule has 2 heterocycles. The van der Waals surface area contributed by atoms with E-state index in [0.29, 0.717) is 23.1 Å². The highest BCUT2D eigenvalue weighted by molar-refractivity contribution is 5.91. The van der Waals surface area contributed by atoms with Gasteiger partial charge in [-0.05, 0) is 41.5 Å².